The number of carbonyl (C=O) groups is 1. The Labute approximate surface area is 160 Å². The van der Waals surface area contributed by atoms with Crippen LogP contribution >= 0.6 is 22.9 Å². The van der Waals surface area contributed by atoms with Crippen LogP contribution in [0.3, 0.4) is 0 Å². The number of carbonyl (C=O) groups excluding carboxylic acids is 1. The summed E-state index contributed by atoms with van der Waals surface area (Å²) in [5.74, 6) is 0.438. The Balaban J connectivity index is 2.00. The van der Waals surface area contributed by atoms with Crippen LogP contribution in [0.1, 0.15) is 17.3 Å². The Kier molecular flexibility index (Phi) is 6.08. The van der Waals surface area contributed by atoms with E-state index in [1.165, 1.54) is 11.3 Å². The van der Waals surface area contributed by atoms with Gasteiger partial charge in [0.1, 0.15) is 5.75 Å². The normalized spacial score (nSPS) is 11.9. The molecule has 26 heavy (non-hydrogen) atoms. The SMILES string of the molecule is CCOc1ccc(C(=O)N=c2sc3cc(Cl)ccc3n2CCOC)cc1. The van der Waals surface area contributed by atoms with Crippen molar-refractivity contribution in [3.05, 3.63) is 57.9 Å². The van der Waals surface area contributed by atoms with Crippen LogP contribution in [0.2, 0.25) is 5.02 Å². The summed E-state index contributed by atoms with van der Waals surface area (Å²) in [4.78, 5) is 17.5. The van der Waals surface area contributed by atoms with E-state index in [2.05, 4.69) is 4.99 Å². The molecule has 0 saturated heterocycles. The molecule has 2 aromatic carbocycles. The fourth-order valence-electron chi connectivity index (χ4n) is 2.54. The van der Waals surface area contributed by atoms with Crippen molar-refractivity contribution in [2.24, 2.45) is 4.99 Å². The molecule has 0 unspecified atom stereocenters. The second-order valence-electron chi connectivity index (χ2n) is 5.52. The van der Waals surface area contributed by atoms with Gasteiger partial charge in [0.05, 0.1) is 23.4 Å². The highest BCUT2D eigenvalue weighted by Crippen LogP contribution is 2.22. The fraction of sp³-hybridized carbons (Fsp3) is 0.263. The molecular formula is C19H19ClN2O3S. The number of benzene rings is 2. The third-order valence-corrected chi connectivity index (χ3v) is 5.05. The number of fused-ring (bicyclic) bond motifs is 1. The minimum Gasteiger partial charge on any atom is -0.494 e. The summed E-state index contributed by atoms with van der Waals surface area (Å²) < 4.78 is 13.5. The van der Waals surface area contributed by atoms with Gasteiger partial charge in [-0.1, -0.05) is 22.9 Å². The van der Waals surface area contributed by atoms with Gasteiger partial charge in [-0.05, 0) is 49.4 Å². The quantitative estimate of drug-likeness (QED) is 0.635. The summed E-state index contributed by atoms with van der Waals surface area (Å²) in [5, 5.41) is 0.655. The minimum atomic E-state index is -0.295. The Hall–Kier alpha value is -2.15. The number of hydrogen-bond donors (Lipinski definition) is 0. The summed E-state index contributed by atoms with van der Waals surface area (Å²) in [7, 11) is 1.65. The van der Waals surface area contributed by atoms with E-state index < -0.39 is 0 Å². The zero-order valence-electron chi connectivity index (χ0n) is 14.6. The molecule has 0 saturated carbocycles. The van der Waals surface area contributed by atoms with Crippen LogP contribution in [0.4, 0.5) is 0 Å². The number of methoxy groups -OCH3 is 1. The monoisotopic (exact) mass is 390 g/mol. The van der Waals surface area contributed by atoms with Gasteiger partial charge in [-0.3, -0.25) is 4.79 Å². The molecule has 7 heteroatoms. The first-order chi connectivity index (χ1) is 12.6. The van der Waals surface area contributed by atoms with Crippen LogP contribution in [-0.2, 0) is 11.3 Å². The molecule has 1 aromatic heterocycles. The number of rotatable bonds is 6. The number of thiazole rings is 1. The van der Waals surface area contributed by atoms with Gasteiger partial charge in [-0.25, -0.2) is 0 Å². The van der Waals surface area contributed by atoms with Gasteiger partial charge in [0.25, 0.3) is 5.91 Å². The zero-order chi connectivity index (χ0) is 18.5. The van der Waals surface area contributed by atoms with Gasteiger partial charge >= 0.3 is 0 Å². The van der Waals surface area contributed by atoms with E-state index in [0.717, 1.165) is 16.0 Å². The molecule has 0 atom stereocenters. The maximum Gasteiger partial charge on any atom is 0.279 e. The Morgan fingerprint density at radius 1 is 1.23 bits per heavy atom. The molecule has 0 bridgehead atoms. The van der Waals surface area contributed by atoms with Crippen LogP contribution in [0.5, 0.6) is 5.75 Å². The minimum absolute atomic E-state index is 0.295. The van der Waals surface area contributed by atoms with Crippen LogP contribution in [0, 0.1) is 0 Å². The topological polar surface area (TPSA) is 52.8 Å². The first-order valence-electron chi connectivity index (χ1n) is 8.22. The van der Waals surface area contributed by atoms with Crippen LogP contribution < -0.4 is 9.54 Å². The highest BCUT2D eigenvalue weighted by molar-refractivity contribution is 7.16. The molecule has 0 fully saturated rings. The van der Waals surface area contributed by atoms with E-state index in [-0.39, 0.29) is 5.91 Å². The summed E-state index contributed by atoms with van der Waals surface area (Å²) >= 11 is 7.52. The molecule has 0 aliphatic rings. The Bertz CT molecular complexity index is 977. The highest BCUT2D eigenvalue weighted by Gasteiger charge is 2.10. The third-order valence-electron chi connectivity index (χ3n) is 3.77. The third kappa shape index (κ3) is 4.15. The van der Waals surface area contributed by atoms with Crippen LogP contribution in [0.25, 0.3) is 10.2 Å². The van der Waals surface area contributed by atoms with Crippen LogP contribution in [0.15, 0.2) is 47.5 Å². The number of halogens is 1. The molecule has 0 aliphatic carbocycles. The second kappa shape index (κ2) is 8.49. The molecule has 0 radical (unpaired) electrons. The summed E-state index contributed by atoms with van der Waals surface area (Å²) in [5.41, 5.74) is 1.50. The van der Waals surface area contributed by atoms with Gasteiger partial charge in [0.2, 0.25) is 0 Å². The van der Waals surface area contributed by atoms with Gasteiger partial charge < -0.3 is 14.0 Å². The van der Waals surface area contributed by atoms with Crippen molar-refractivity contribution in [2.75, 3.05) is 20.3 Å². The van der Waals surface area contributed by atoms with Crippen LogP contribution in [-0.4, -0.2) is 30.8 Å². The first-order valence-corrected chi connectivity index (χ1v) is 9.41. The average Bonchev–Trinajstić information content (AvgIpc) is 2.96. The van der Waals surface area contributed by atoms with E-state index in [1.807, 2.05) is 29.7 Å². The lowest BCUT2D eigenvalue weighted by molar-refractivity contribution is 0.0997. The molecule has 1 amide bonds. The van der Waals surface area contributed by atoms with E-state index in [9.17, 15) is 4.79 Å². The maximum absolute atomic E-state index is 12.6. The molecule has 0 aliphatic heterocycles. The van der Waals surface area contributed by atoms with Gasteiger partial charge in [0.15, 0.2) is 4.80 Å². The fourth-order valence-corrected chi connectivity index (χ4v) is 3.87. The zero-order valence-corrected chi connectivity index (χ0v) is 16.1. The van der Waals surface area contributed by atoms with Crippen molar-refractivity contribution in [1.82, 2.24) is 4.57 Å². The van der Waals surface area contributed by atoms with Crippen molar-refractivity contribution in [3.8, 4) is 5.75 Å². The van der Waals surface area contributed by atoms with E-state index in [4.69, 9.17) is 21.1 Å². The number of nitrogens with zero attached hydrogens (tertiary/aromatic N) is 2. The van der Waals surface area contributed by atoms with Crippen molar-refractivity contribution in [3.63, 3.8) is 0 Å². The smallest absolute Gasteiger partial charge is 0.279 e. The molecule has 0 spiro atoms. The lowest BCUT2D eigenvalue weighted by Gasteiger charge is -2.04. The maximum atomic E-state index is 12.6. The standard InChI is InChI=1S/C19H19ClN2O3S/c1-3-25-15-7-4-13(5-8-15)18(23)21-19-22(10-11-24-2)16-9-6-14(20)12-17(16)26-19/h4-9,12H,3,10-11H2,1-2H3. The molecular weight excluding hydrogens is 372 g/mol. The van der Waals surface area contributed by atoms with Gasteiger partial charge in [-0.2, -0.15) is 4.99 Å². The molecule has 3 rings (SSSR count). The predicted octanol–water partition coefficient (Wildman–Crippen LogP) is 4.14. The molecule has 136 valence electrons. The van der Waals surface area contributed by atoms with Crippen molar-refractivity contribution >= 4 is 39.1 Å². The molecule has 3 aromatic rings. The second-order valence-corrected chi connectivity index (χ2v) is 6.96. The number of hydrogen-bond acceptors (Lipinski definition) is 4. The molecule has 5 nitrogen and oxygen atoms in total. The highest BCUT2D eigenvalue weighted by atomic mass is 35.5. The van der Waals surface area contributed by atoms with Crippen molar-refractivity contribution in [2.45, 2.75) is 13.5 Å². The summed E-state index contributed by atoms with van der Waals surface area (Å²) in [6, 6.07) is 12.6. The van der Waals surface area contributed by atoms with Crippen molar-refractivity contribution < 1.29 is 14.3 Å². The largest absolute Gasteiger partial charge is 0.494 e. The summed E-state index contributed by atoms with van der Waals surface area (Å²) in [6.07, 6.45) is 0. The van der Waals surface area contributed by atoms with E-state index >= 15 is 0 Å². The van der Waals surface area contributed by atoms with Crippen molar-refractivity contribution in [1.29, 1.82) is 0 Å². The average molecular weight is 391 g/mol. The molecule has 0 N–H and O–H groups in total. The summed E-state index contributed by atoms with van der Waals surface area (Å²) in [6.45, 7) is 3.63. The first kappa shape index (κ1) is 18.6. The Morgan fingerprint density at radius 3 is 2.69 bits per heavy atom. The molecule has 1 heterocycles. The van der Waals surface area contributed by atoms with Gasteiger partial charge in [-0.15, -0.1) is 0 Å². The Morgan fingerprint density at radius 2 is 2.00 bits per heavy atom. The lowest BCUT2D eigenvalue weighted by Crippen LogP contribution is -2.19. The predicted molar refractivity (Wildman–Crippen MR) is 104 cm³/mol. The van der Waals surface area contributed by atoms with E-state index in [0.29, 0.717) is 35.1 Å². The van der Waals surface area contributed by atoms with E-state index in [1.54, 1.807) is 31.4 Å². The number of aromatic nitrogens is 1. The van der Waals surface area contributed by atoms with Gasteiger partial charge in [0, 0.05) is 24.2 Å². The number of amides is 1. The lowest BCUT2D eigenvalue weighted by atomic mass is 10.2. The number of ether oxygens (including phenoxy) is 2.